The van der Waals surface area contributed by atoms with Crippen molar-refractivity contribution >= 4 is 17.5 Å². The third-order valence-corrected chi connectivity index (χ3v) is 3.24. The highest BCUT2D eigenvalue weighted by molar-refractivity contribution is 6.18. The first-order chi connectivity index (χ1) is 8.08. The van der Waals surface area contributed by atoms with Gasteiger partial charge in [0, 0.05) is 19.0 Å². The van der Waals surface area contributed by atoms with Gasteiger partial charge in [-0.25, -0.2) is 0 Å². The normalized spacial score (nSPS) is 12.0. The summed E-state index contributed by atoms with van der Waals surface area (Å²) in [7, 11) is 3.40. The van der Waals surface area contributed by atoms with E-state index in [1.807, 2.05) is 31.2 Å². The van der Waals surface area contributed by atoms with Gasteiger partial charge in [-0.3, -0.25) is 4.79 Å². The van der Waals surface area contributed by atoms with E-state index in [0.29, 0.717) is 12.3 Å². The van der Waals surface area contributed by atoms with Gasteiger partial charge < -0.3 is 9.64 Å². The fourth-order valence-electron chi connectivity index (χ4n) is 1.39. The van der Waals surface area contributed by atoms with Crippen LogP contribution in [0.4, 0.5) is 0 Å². The van der Waals surface area contributed by atoms with Gasteiger partial charge in [0.2, 0.25) is 5.91 Å². The second-order valence-electron chi connectivity index (χ2n) is 4.03. The molecule has 1 aromatic rings. The molecule has 1 atom stereocenters. The monoisotopic (exact) mass is 255 g/mol. The Morgan fingerprint density at radius 2 is 2.00 bits per heavy atom. The molecule has 4 heteroatoms. The number of halogens is 1. The van der Waals surface area contributed by atoms with Crippen molar-refractivity contribution in [1.29, 1.82) is 0 Å². The average molecular weight is 256 g/mol. The quantitative estimate of drug-likeness (QED) is 0.756. The van der Waals surface area contributed by atoms with Crippen molar-refractivity contribution in [3.8, 4) is 5.75 Å². The van der Waals surface area contributed by atoms with Gasteiger partial charge in [0.05, 0.1) is 13.5 Å². The van der Waals surface area contributed by atoms with E-state index < -0.39 is 0 Å². The average Bonchev–Trinajstić information content (AvgIpc) is 2.37. The molecule has 1 rings (SSSR count). The number of nitrogens with zero attached hydrogens (tertiary/aromatic N) is 1. The summed E-state index contributed by atoms with van der Waals surface area (Å²) in [6, 6.07) is 7.56. The molecule has 0 saturated heterocycles. The first kappa shape index (κ1) is 13.8. The summed E-state index contributed by atoms with van der Waals surface area (Å²) in [6.45, 7) is 1.93. The van der Waals surface area contributed by atoms with Gasteiger partial charge in [-0.1, -0.05) is 12.1 Å². The topological polar surface area (TPSA) is 29.5 Å². The Labute approximate surface area is 107 Å². The second kappa shape index (κ2) is 6.50. The van der Waals surface area contributed by atoms with Crippen LogP contribution in [0.25, 0.3) is 0 Å². The molecule has 0 saturated carbocycles. The third kappa shape index (κ3) is 3.93. The Bertz CT molecular complexity index is 364. The van der Waals surface area contributed by atoms with E-state index in [1.165, 1.54) is 0 Å². The molecule has 0 heterocycles. The number of methoxy groups -OCH3 is 1. The van der Waals surface area contributed by atoms with Crippen LogP contribution >= 0.6 is 11.6 Å². The number of carbonyl (C=O) groups excluding carboxylic acids is 1. The van der Waals surface area contributed by atoms with E-state index in [9.17, 15) is 4.79 Å². The highest BCUT2D eigenvalue weighted by Crippen LogP contribution is 2.12. The summed E-state index contributed by atoms with van der Waals surface area (Å²) < 4.78 is 5.06. The zero-order valence-corrected chi connectivity index (χ0v) is 11.2. The van der Waals surface area contributed by atoms with E-state index in [4.69, 9.17) is 16.3 Å². The van der Waals surface area contributed by atoms with E-state index in [-0.39, 0.29) is 11.9 Å². The van der Waals surface area contributed by atoms with E-state index >= 15 is 0 Å². The van der Waals surface area contributed by atoms with Crippen LogP contribution in [-0.4, -0.2) is 36.9 Å². The van der Waals surface area contributed by atoms with Gasteiger partial charge in [-0.15, -0.1) is 11.6 Å². The Hall–Kier alpha value is -1.22. The lowest BCUT2D eigenvalue weighted by Gasteiger charge is -2.23. The minimum atomic E-state index is 0.0578. The maximum atomic E-state index is 11.9. The number of hydrogen-bond donors (Lipinski definition) is 0. The van der Waals surface area contributed by atoms with Crippen LogP contribution in [0.3, 0.4) is 0 Å². The molecular weight excluding hydrogens is 238 g/mol. The highest BCUT2D eigenvalue weighted by Gasteiger charge is 2.14. The molecule has 3 nitrogen and oxygen atoms in total. The van der Waals surface area contributed by atoms with E-state index in [2.05, 4.69) is 0 Å². The van der Waals surface area contributed by atoms with Gasteiger partial charge in [0.1, 0.15) is 5.75 Å². The SMILES string of the molecule is COc1ccc(CC(=O)N(C)C(C)CCl)cc1. The number of amides is 1. The summed E-state index contributed by atoms with van der Waals surface area (Å²) in [6.07, 6.45) is 0.391. The predicted octanol–water partition coefficient (Wildman–Crippen LogP) is 2.32. The molecule has 94 valence electrons. The number of hydrogen-bond acceptors (Lipinski definition) is 2. The maximum Gasteiger partial charge on any atom is 0.227 e. The Balaban J connectivity index is 2.61. The van der Waals surface area contributed by atoms with E-state index in [1.54, 1.807) is 19.1 Å². The lowest BCUT2D eigenvalue weighted by atomic mass is 10.1. The molecule has 0 bridgehead atoms. The number of carbonyl (C=O) groups is 1. The number of benzene rings is 1. The number of ether oxygens (including phenoxy) is 1. The minimum Gasteiger partial charge on any atom is -0.497 e. The lowest BCUT2D eigenvalue weighted by molar-refractivity contribution is -0.130. The van der Waals surface area contributed by atoms with E-state index in [0.717, 1.165) is 11.3 Å². The highest BCUT2D eigenvalue weighted by atomic mass is 35.5. The van der Waals surface area contributed by atoms with Crippen molar-refractivity contribution in [2.45, 2.75) is 19.4 Å². The van der Waals surface area contributed by atoms with Gasteiger partial charge in [-0.05, 0) is 24.6 Å². The molecule has 1 unspecified atom stereocenters. The molecule has 0 aliphatic heterocycles. The van der Waals surface area contributed by atoms with Crippen LogP contribution in [0.2, 0.25) is 0 Å². The molecule has 1 amide bonds. The van der Waals surface area contributed by atoms with Gasteiger partial charge in [0.25, 0.3) is 0 Å². The summed E-state index contributed by atoms with van der Waals surface area (Å²) in [5, 5.41) is 0. The molecule has 17 heavy (non-hydrogen) atoms. The van der Waals surface area contributed by atoms with Crippen molar-refractivity contribution < 1.29 is 9.53 Å². The maximum absolute atomic E-state index is 11.9. The molecule has 0 aromatic heterocycles. The first-order valence-electron chi connectivity index (χ1n) is 5.53. The predicted molar refractivity (Wildman–Crippen MR) is 69.7 cm³/mol. The Kier molecular flexibility index (Phi) is 5.29. The van der Waals surface area contributed by atoms with Gasteiger partial charge >= 0.3 is 0 Å². The fourth-order valence-corrected chi connectivity index (χ4v) is 1.60. The van der Waals surface area contributed by atoms with Crippen LogP contribution in [-0.2, 0) is 11.2 Å². The zero-order valence-electron chi connectivity index (χ0n) is 10.4. The van der Waals surface area contributed by atoms with Crippen LogP contribution in [0.1, 0.15) is 12.5 Å². The largest absolute Gasteiger partial charge is 0.497 e. The molecule has 0 radical (unpaired) electrons. The molecule has 0 N–H and O–H groups in total. The van der Waals surface area contributed by atoms with Crippen molar-refractivity contribution in [2.24, 2.45) is 0 Å². The van der Waals surface area contributed by atoms with Crippen LogP contribution in [0.15, 0.2) is 24.3 Å². The molecule has 0 aliphatic rings. The molecule has 0 fully saturated rings. The Morgan fingerprint density at radius 3 is 2.47 bits per heavy atom. The molecule has 0 spiro atoms. The second-order valence-corrected chi connectivity index (χ2v) is 4.34. The summed E-state index contributed by atoms with van der Waals surface area (Å²) >= 11 is 5.72. The van der Waals surface area contributed by atoms with Crippen molar-refractivity contribution in [2.75, 3.05) is 20.0 Å². The fraction of sp³-hybridized carbons (Fsp3) is 0.462. The minimum absolute atomic E-state index is 0.0578. The third-order valence-electron chi connectivity index (χ3n) is 2.79. The zero-order chi connectivity index (χ0) is 12.8. The summed E-state index contributed by atoms with van der Waals surface area (Å²) in [5.74, 6) is 1.32. The van der Waals surface area contributed by atoms with Crippen LogP contribution in [0, 0.1) is 0 Å². The Morgan fingerprint density at radius 1 is 1.41 bits per heavy atom. The number of alkyl halides is 1. The van der Waals surface area contributed by atoms with Crippen LogP contribution < -0.4 is 4.74 Å². The molecule has 0 aliphatic carbocycles. The van der Waals surface area contributed by atoms with Crippen molar-refractivity contribution in [3.05, 3.63) is 29.8 Å². The van der Waals surface area contributed by atoms with Crippen LogP contribution in [0.5, 0.6) is 5.75 Å². The van der Waals surface area contributed by atoms with Gasteiger partial charge in [-0.2, -0.15) is 0 Å². The van der Waals surface area contributed by atoms with Crippen molar-refractivity contribution in [3.63, 3.8) is 0 Å². The van der Waals surface area contributed by atoms with Gasteiger partial charge in [0.15, 0.2) is 0 Å². The smallest absolute Gasteiger partial charge is 0.227 e. The number of rotatable bonds is 5. The standard InChI is InChI=1S/C13H18ClNO2/c1-10(9-14)15(2)13(16)8-11-4-6-12(17-3)7-5-11/h4-7,10H,8-9H2,1-3H3. The first-order valence-corrected chi connectivity index (χ1v) is 6.06. The summed E-state index contributed by atoms with van der Waals surface area (Å²) in [5.41, 5.74) is 0.976. The molecular formula is C13H18ClNO2. The summed E-state index contributed by atoms with van der Waals surface area (Å²) in [4.78, 5) is 13.6. The lowest BCUT2D eigenvalue weighted by Crippen LogP contribution is -2.37. The number of likely N-dealkylation sites (N-methyl/N-ethyl adjacent to an activating group) is 1. The van der Waals surface area contributed by atoms with Crippen molar-refractivity contribution in [1.82, 2.24) is 4.90 Å². The molecule has 1 aromatic carbocycles.